The van der Waals surface area contributed by atoms with Crippen molar-refractivity contribution in [2.45, 2.75) is 265 Å². The number of hydrogen-bond acceptors (Lipinski definition) is 10. The molecule has 1 aromatic rings. The SMILES string of the molecule is CCCCCCCCC(CC)OC.CCCCCCCCC(CCCCCCCC)OC(=O)CCCCCCCN(CCCCCCCC=O)CCCNc1nsnc1NC. The van der Waals surface area contributed by atoms with Gasteiger partial charge in [-0.15, -0.1) is 0 Å². The predicted molar refractivity (Wildman–Crippen MR) is 265 cm³/mol. The molecule has 1 atom stereocenters. The summed E-state index contributed by atoms with van der Waals surface area (Å²) >= 11 is 1.23. The van der Waals surface area contributed by atoms with Crippen molar-refractivity contribution in [1.29, 1.82) is 0 Å². The Morgan fingerprint density at radius 2 is 1.03 bits per heavy atom. The minimum Gasteiger partial charge on any atom is -0.462 e. The molecule has 1 aromatic heterocycles. The number of nitrogens with zero attached hydrogens (tertiary/aromatic N) is 3. The molecule has 0 saturated carbocycles. The minimum atomic E-state index is 0.0261. The lowest BCUT2D eigenvalue weighted by atomic mass is 10.0. The maximum Gasteiger partial charge on any atom is 0.306 e. The number of esters is 1. The van der Waals surface area contributed by atoms with Gasteiger partial charge in [0.2, 0.25) is 0 Å². The molecule has 1 unspecified atom stereocenters. The first-order chi connectivity index (χ1) is 30.0. The summed E-state index contributed by atoms with van der Waals surface area (Å²) in [4.78, 5) is 25.9. The van der Waals surface area contributed by atoms with Crippen molar-refractivity contribution in [3.63, 3.8) is 0 Å². The van der Waals surface area contributed by atoms with Crippen molar-refractivity contribution in [3.05, 3.63) is 0 Å². The minimum absolute atomic E-state index is 0.0261. The highest BCUT2D eigenvalue weighted by Crippen LogP contribution is 2.20. The Morgan fingerprint density at radius 1 is 0.590 bits per heavy atom. The van der Waals surface area contributed by atoms with E-state index in [9.17, 15) is 9.59 Å². The molecule has 0 aliphatic heterocycles. The highest BCUT2D eigenvalue weighted by atomic mass is 32.1. The molecular weight excluding hydrogens is 779 g/mol. The third-order valence-electron chi connectivity index (χ3n) is 12.0. The van der Waals surface area contributed by atoms with Gasteiger partial charge in [-0.05, 0) is 90.3 Å². The first kappa shape index (κ1) is 59.2. The maximum atomic E-state index is 12.8. The van der Waals surface area contributed by atoms with Gasteiger partial charge in [-0.2, -0.15) is 8.75 Å². The van der Waals surface area contributed by atoms with Crippen molar-refractivity contribution in [3.8, 4) is 0 Å². The molecule has 0 aliphatic carbocycles. The number of nitrogens with one attached hydrogen (secondary N) is 2. The van der Waals surface area contributed by atoms with Gasteiger partial charge in [0, 0.05) is 33.5 Å². The van der Waals surface area contributed by atoms with Crippen LogP contribution in [0.15, 0.2) is 0 Å². The van der Waals surface area contributed by atoms with Gasteiger partial charge in [0.1, 0.15) is 12.4 Å². The van der Waals surface area contributed by atoms with Crippen LogP contribution in [-0.4, -0.2) is 78.4 Å². The van der Waals surface area contributed by atoms with E-state index in [1.54, 1.807) is 0 Å². The van der Waals surface area contributed by atoms with E-state index in [4.69, 9.17) is 9.47 Å². The van der Waals surface area contributed by atoms with Gasteiger partial charge in [0.05, 0.1) is 17.8 Å². The first-order valence-corrected chi connectivity index (χ1v) is 26.8. The summed E-state index contributed by atoms with van der Waals surface area (Å²) in [6.07, 6.45) is 43.7. The van der Waals surface area contributed by atoms with Crippen LogP contribution in [0.4, 0.5) is 11.6 Å². The second-order valence-corrected chi connectivity index (χ2v) is 18.1. The van der Waals surface area contributed by atoms with Crippen molar-refractivity contribution in [2.24, 2.45) is 0 Å². The molecule has 0 fully saturated rings. The molecule has 61 heavy (non-hydrogen) atoms. The van der Waals surface area contributed by atoms with Gasteiger partial charge >= 0.3 is 5.97 Å². The Kier molecular flexibility index (Phi) is 46.3. The lowest BCUT2D eigenvalue weighted by molar-refractivity contribution is -0.150. The monoisotopic (exact) mass is 880 g/mol. The van der Waals surface area contributed by atoms with E-state index in [2.05, 4.69) is 52.0 Å². The number of rotatable bonds is 46. The fraction of sp³-hybridized carbons (Fsp3) is 0.922. The van der Waals surface area contributed by atoms with E-state index in [1.165, 1.54) is 172 Å². The van der Waals surface area contributed by atoms with E-state index >= 15 is 0 Å². The Hall–Kier alpha value is -1.78. The zero-order valence-corrected chi connectivity index (χ0v) is 42.0. The molecule has 0 aliphatic rings. The summed E-state index contributed by atoms with van der Waals surface area (Å²) in [6.45, 7) is 13.2. The summed E-state index contributed by atoms with van der Waals surface area (Å²) in [5.74, 6) is 1.69. The third-order valence-corrected chi connectivity index (χ3v) is 12.6. The lowest BCUT2D eigenvalue weighted by Crippen LogP contribution is -2.28. The van der Waals surface area contributed by atoms with E-state index in [1.807, 2.05) is 14.2 Å². The molecular formula is C51H101N5O4S. The number of ether oxygens (including phenoxy) is 2. The van der Waals surface area contributed by atoms with Gasteiger partial charge in [0.25, 0.3) is 0 Å². The molecule has 0 aromatic carbocycles. The second-order valence-electron chi connectivity index (χ2n) is 17.6. The number of anilines is 2. The van der Waals surface area contributed by atoms with Crippen LogP contribution in [0.5, 0.6) is 0 Å². The average molecular weight is 880 g/mol. The van der Waals surface area contributed by atoms with E-state index < -0.39 is 0 Å². The first-order valence-electron chi connectivity index (χ1n) is 26.1. The van der Waals surface area contributed by atoms with Crippen LogP contribution in [0.2, 0.25) is 0 Å². The second kappa shape index (κ2) is 47.7. The van der Waals surface area contributed by atoms with Gasteiger partial charge < -0.3 is 29.8 Å². The van der Waals surface area contributed by atoms with Crippen molar-refractivity contribution >= 4 is 35.6 Å². The topological polar surface area (TPSA) is 106 Å². The van der Waals surface area contributed by atoms with Crippen LogP contribution in [0.3, 0.4) is 0 Å². The molecule has 0 saturated heterocycles. The van der Waals surface area contributed by atoms with Gasteiger partial charge in [0.15, 0.2) is 11.6 Å². The van der Waals surface area contributed by atoms with E-state index in [0.29, 0.717) is 18.9 Å². The van der Waals surface area contributed by atoms with Crippen LogP contribution in [0.1, 0.15) is 252 Å². The Balaban J connectivity index is 0.00000237. The average Bonchev–Trinajstić information content (AvgIpc) is 3.74. The number of methoxy groups -OCH3 is 1. The molecule has 9 nitrogen and oxygen atoms in total. The standard InChI is InChI=1S/C39H75N5O3S.C12H26O/c1-4-6-8-10-15-21-28-36(29-22-16-11-9-7-5-2)47-37(46)30-23-17-14-19-25-33-44(32-24-18-12-13-20-26-35-45)34-27-31-41-39-38(40-3)42-48-43-39;1-4-6-7-8-9-10-11-12(5-2)13-3/h35-36H,4-34H2,1-3H3,(H,40,42)(H,41,43);12H,4-11H2,1-3H3. The fourth-order valence-electron chi connectivity index (χ4n) is 7.99. The summed E-state index contributed by atoms with van der Waals surface area (Å²) in [7, 11) is 3.70. The van der Waals surface area contributed by atoms with Gasteiger partial charge in [-0.3, -0.25) is 4.79 Å². The van der Waals surface area contributed by atoms with Crippen molar-refractivity contribution < 1.29 is 19.1 Å². The Bertz CT molecular complexity index is 1030. The number of unbranched alkanes of at least 4 members (excludes halogenated alkanes) is 24. The number of hydrogen-bond donors (Lipinski definition) is 2. The molecule has 2 N–H and O–H groups in total. The summed E-state index contributed by atoms with van der Waals surface area (Å²) in [5.41, 5.74) is 0. The predicted octanol–water partition coefficient (Wildman–Crippen LogP) is 15.1. The Labute approximate surface area is 382 Å². The molecule has 10 heteroatoms. The molecule has 360 valence electrons. The quantitative estimate of drug-likeness (QED) is 0.0376. The van der Waals surface area contributed by atoms with Crippen molar-refractivity contribution in [2.75, 3.05) is 51.0 Å². The summed E-state index contributed by atoms with van der Waals surface area (Å²) < 4.78 is 20.0. The number of carbonyl (C=O) groups is 2. The maximum absolute atomic E-state index is 12.8. The lowest BCUT2D eigenvalue weighted by Gasteiger charge is -2.22. The summed E-state index contributed by atoms with van der Waals surface area (Å²) in [5, 5.41) is 6.51. The molecule has 0 amide bonds. The smallest absolute Gasteiger partial charge is 0.306 e. The van der Waals surface area contributed by atoms with E-state index in [0.717, 1.165) is 95.5 Å². The molecule has 1 rings (SSSR count). The van der Waals surface area contributed by atoms with Crippen LogP contribution in [0.25, 0.3) is 0 Å². The van der Waals surface area contributed by atoms with Crippen LogP contribution in [0, 0.1) is 0 Å². The van der Waals surface area contributed by atoms with Gasteiger partial charge in [-0.1, -0.05) is 169 Å². The van der Waals surface area contributed by atoms with Crippen LogP contribution < -0.4 is 10.6 Å². The van der Waals surface area contributed by atoms with E-state index in [-0.39, 0.29) is 12.1 Å². The normalized spacial score (nSPS) is 11.8. The van der Waals surface area contributed by atoms with Gasteiger partial charge in [-0.25, -0.2) is 0 Å². The molecule has 0 spiro atoms. The number of carbonyl (C=O) groups excluding carboxylic acids is 2. The molecule has 1 heterocycles. The fourth-order valence-corrected chi connectivity index (χ4v) is 8.53. The highest BCUT2D eigenvalue weighted by molar-refractivity contribution is 6.99. The number of aromatic nitrogens is 2. The largest absolute Gasteiger partial charge is 0.462 e. The highest BCUT2D eigenvalue weighted by Gasteiger charge is 2.15. The van der Waals surface area contributed by atoms with Crippen LogP contribution in [-0.2, 0) is 19.1 Å². The van der Waals surface area contributed by atoms with Crippen LogP contribution >= 0.6 is 11.7 Å². The Morgan fingerprint density at radius 3 is 1.52 bits per heavy atom. The molecule has 0 bridgehead atoms. The third kappa shape index (κ3) is 39.5. The zero-order valence-electron chi connectivity index (χ0n) is 41.2. The number of aldehydes is 1. The zero-order chi connectivity index (χ0) is 44.7. The molecule has 0 radical (unpaired) electrons. The van der Waals surface area contributed by atoms with Crippen molar-refractivity contribution in [1.82, 2.24) is 13.6 Å². The summed E-state index contributed by atoms with van der Waals surface area (Å²) in [6, 6.07) is 0.